The van der Waals surface area contributed by atoms with Crippen LogP contribution in [0.5, 0.6) is 0 Å². The van der Waals surface area contributed by atoms with Gasteiger partial charge in [-0.05, 0) is 57.8 Å². The first kappa shape index (κ1) is 14.6. The fourth-order valence-corrected chi connectivity index (χ4v) is 3.81. The second kappa shape index (κ2) is 6.61. The normalized spacial score (nSPS) is 26.1. The molecule has 0 amide bonds. The number of rotatable bonds is 3. The maximum Gasteiger partial charge on any atom is 0.338 e. The van der Waals surface area contributed by atoms with E-state index >= 15 is 0 Å². The Labute approximate surface area is 127 Å². The lowest BCUT2D eigenvalue weighted by molar-refractivity contribution is 0.00738. The van der Waals surface area contributed by atoms with Crippen molar-refractivity contribution in [2.75, 3.05) is 19.7 Å². The predicted molar refractivity (Wildman–Crippen MR) is 83.4 cm³/mol. The van der Waals surface area contributed by atoms with Crippen molar-refractivity contribution in [3.8, 4) is 0 Å². The summed E-state index contributed by atoms with van der Waals surface area (Å²) in [5.74, 6) is 0.347. The second-order valence-electron chi connectivity index (χ2n) is 6.47. The van der Waals surface area contributed by atoms with Crippen molar-refractivity contribution in [3.05, 3.63) is 35.4 Å². The smallest absolute Gasteiger partial charge is 0.338 e. The third kappa shape index (κ3) is 3.46. The van der Waals surface area contributed by atoms with E-state index in [0.29, 0.717) is 24.1 Å². The molecular weight excluding hydrogens is 262 g/mol. The molecule has 2 heterocycles. The van der Waals surface area contributed by atoms with Gasteiger partial charge in [-0.25, -0.2) is 4.79 Å². The highest BCUT2D eigenvalue weighted by atomic mass is 16.5. The molecule has 0 spiro atoms. The lowest BCUT2D eigenvalue weighted by atomic mass is 9.84. The molecule has 0 saturated carbocycles. The Balaban J connectivity index is 1.57. The van der Waals surface area contributed by atoms with Crippen LogP contribution < -0.4 is 0 Å². The van der Waals surface area contributed by atoms with Gasteiger partial charge < -0.3 is 4.74 Å². The molecule has 1 aromatic rings. The Morgan fingerprint density at radius 3 is 2.95 bits per heavy atom. The number of ether oxygens (including phenoxy) is 1. The minimum Gasteiger partial charge on any atom is -0.462 e. The van der Waals surface area contributed by atoms with Crippen LogP contribution in [0.4, 0.5) is 0 Å². The van der Waals surface area contributed by atoms with E-state index in [9.17, 15) is 4.79 Å². The molecule has 3 heteroatoms. The number of hydrogen-bond acceptors (Lipinski definition) is 3. The number of fused-ring (bicyclic) bond motifs is 1. The molecule has 0 N–H and O–H groups in total. The molecule has 0 radical (unpaired) electrons. The van der Waals surface area contributed by atoms with E-state index in [4.69, 9.17) is 4.74 Å². The van der Waals surface area contributed by atoms with Crippen LogP contribution in [0.25, 0.3) is 0 Å². The topological polar surface area (TPSA) is 29.5 Å². The van der Waals surface area contributed by atoms with Crippen LogP contribution in [0, 0.1) is 12.8 Å². The van der Waals surface area contributed by atoms with Crippen molar-refractivity contribution in [2.24, 2.45) is 5.92 Å². The van der Waals surface area contributed by atoms with Crippen LogP contribution in [-0.2, 0) is 4.74 Å². The van der Waals surface area contributed by atoms with Gasteiger partial charge in [0.1, 0.15) is 0 Å². The summed E-state index contributed by atoms with van der Waals surface area (Å²) in [5, 5.41) is 0. The number of hydrogen-bond donors (Lipinski definition) is 0. The lowest BCUT2D eigenvalue weighted by Crippen LogP contribution is -2.49. The summed E-state index contributed by atoms with van der Waals surface area (Å²) in [5.41, 5.74) is 1.77. The zero-order valence-electron chi connectivity index (χ0n) is 12.9. The summed E-state index contributed by atoms with van der Waals surface area (Å²) in [4.78, 5) is 14.8. The van der Waals surface area contributed by atoms with Crippen LogP contribution in [0.3, 0.4) is 0 Å². The summed E-state index contributed by atoms with van der Waals surface area (Å²) in [7, 11) is 0. The summed E-state index contributed by atoms with van der Waals surface area (Å²) in [6, 6.07) is 8.28. The maximum absolute atomic E-state index is 12.2. The van der Waals surface area contributed by atoms with Crippen LogP contribution >= 0.6 is 0 Å². The third-order valence-corrected chi connectivity index (χ3v) is 4.91. The zero-order valence-corrected chi connectivity index (χ0v) is 12.9. The van der Waals surface area contributed by atoms with E-state index in [2.05, 4.69) is 4.90 Å². The zero-order chi connectivity index (χ0) is 14.7. The van der Waals surface area contributed by atoms with Crippen LogP contribution in [-0.4, -0.2) is 36.6 Å². The average Bonchev–Trinajstić information content (AvgIpc) is 2.52. The van der Waals surface area contributed by atoms with Crippen molar-refractivity contribution in [3.63, 3.8) is 0 Å². The highest BCUT2D eigenvalue weighted by Crippen LogP contribution is 2.31. The van der Waals surface area contributed by atoms with E-state index in [1.165, 1.54) is 45.2 Å². The monoisotopic (exact) mass is 287 g/mol. The molecule has 2 aliphatic heterocycles. The van der Waals surface area contributed by atoms with Crippen molar-refractivity contribution < 1.29 is 9.53 Å². The van der Waals surface area contributed by atoms with Crippen molar-refractivity contribution in [1.29, 1.82) is 0 Å². The van der Waals surface area contributed by atoms with Gasteiger partial charge in [-0.2, -0.15) is 0 Å². The average molecular weight is 287 g/mol. The van der Waals surface area contributed by atoms with Crippen molar-refractivity contribution >= 4 is 5.97 Å². The van der Waals surface area contributed by atoms with Crippen molar-refractivity contribution in [1.82, 2.24) is 4.90 Å². The van der Waals surface area contributed by atoms with Gasteiger partial charge in [-0.15, -0.1) is 0 Å². The van der Waals surface area contributed by atoms with Gasteiger partial charge in [0.2, 0.25) is 0 Å². The van der Waals surface area contributed by atoms with Crippen LogP contribution in [0.15, 0.2) is 24.3 Å². The number of nitrogens with zero attached hydrogens (tertiary/aromatic N) is 1. The van der Waals surface area contributed by atoms with Gasteiger partial charge in [0.15, 0.2) is 0 Å². The molecule has 0 aliphatic carbocycles. The number of aryl methyl sites for hydroxylation is 1. The standard InChI is InChI=1S/C18H25NO2/c1-14-6-4-7-15(12-14)18(20)21-13-16-8-5-11-19-10-3-2-9-17(16)19/h4,6-7,12,16-17H,2-3,5,8-11,13H2,1H3/t16-,17+/m1/s1. The van der Waals surface area contributed by atoms with Crippen LogP contribution in [0.1, 0.15) is 48.0 Å². The number of piperidine rings is 2. The van der Waals surface area contributed by atoms with Gasteiger partial charge >= 0.3 is 5.97 Å². The first-order valence-corrected chi connectivity index (χ1v) is 8.22. The molecule has 114 valence electrons. The van der Waals surface area contributed by atoms with Gasteiger partial charge in [0.05, 0.1) is 12.2 Å². The van der Waals surface area contributed by atoms with E-state index < -0.39 is 0 Å². The molecule has 3 rings (SSSR count). The Kier molecular flexibility index (Phi) is 4.59. The summed E-state index contributed by atoms with van der Waals surface area (Å²) >= 11 is 0. The second-order valence-corrected chi connectivity index (χ2v) is 6.47. The van der Waals surface area contributed by atoms with Crippen LogP contribution in [0.2, 0.25) is 0 Å². The molecule has 3 nitrogen and oxygen atoms in total. The number of esters is 1. The lowest BCUT2D eigenvalue weighted by Gasteiger charge is -2.44. The first-order valence-electron chi connectivity index (χ1n) is 8.22. The van der Waals surface area contributed by atoms with Gasteiger partial charge in [0, 0.05) is 12.0 Å². The van der Waals surface area contributed by atoms with E-state index in [1.807, 2.05) is 31.2 Å². The minimum atomic E-state index is -0.174. The molecule has 2 saturated heterocycles. The number of carbonyl (C=O) groups is 1. The molecule has 0 bridgehead atoms. The Morgan fingerprint density at radius 1 is 1.24 bits per heavy atom. The fourth-order valence-electron chi connectivity index (χ4n) is 3.81. The fraction of sp³-hybridized carbons (Fsp3) is 0.611. The van der Waals surface area contributed by atoms with Gasteiger partial charge in [-0.3, -0.25) is 4.90 Å². The maximum atomic E-state index is 12.2. The van der Waals surface area contributed by atoms with E-state index in [1.54, 1.807) is 0 Å². The predicted octanol–water partition coefficient (Wildman–Crippen LogP) is 3.42. The summed E-state index contributed by atoms with van der Waals surface area (Å²) < 4.78 is 5.61. The molecule has 0 unspecified atom stereocenters. The van der Waals surface area contributed by atoms with Crippen molar-refractivity contribution in [2.45, 2.75) is 45.1 Å². The Morgan fingerprint density at radius 2 is 2.10 bits per heavy atom. The highest BCUT2D eigenvalue weighted by Gasteiger charge is 2.33. The molecule has 21 heavy (non-hydrogen) atoms. The molecule has 2 atom stereocenters. The van der Waals surface area contributed by atoms with E-state index in [-0.39, 0.29) is 5.97 Å². The SMILES string of the molecule is Cc1cccc(C(=O)OC[C@H]2CCCN3CCCC[C@@H]23)c1. The largest absolute Gasteiger partial charge is 0.462 e. The summed E-state index contributed by atoms with van der Waals surface area (Å²) in [6.07, 6.45) is 6.36. The minimum absolute atomic E-state index is 0.174. The van der Waals surface area contributed by atoms with Gasteiger partial charge in [-0.1, -0.05) is 24.1 Å². The number of benzene rings is 1. The molecule has 1 aromatic carbocycles. The van der Waals surface area contributed by atoms with Gasteiger partial charge in [0.25, 0.3) is 0 Å². The molecule has 2 aliphatic rings. The number of carbonyl (C=O) groups excluding carboxylic acids is 1. The Hall–Kier alpha value is -1.35. The first-order chi connectivity index (χ1) is 10.2. The molecule has 2 fully saturated rings. The summed E-state index contributed by atoms with van der Waals surface area (Å²) in [6.45, 7) is 5.03. The molecule has 0 aromatic heterocycles. The highest BCUT2D eigenvalue weighted by molar-refractivity contribution is 5.89. The third-order valence-electron chi connectivity index (χ3n) is 4.91. The quantitative estimate of drug-likeness (QED) is 0.798. The van der Waals surface area contributed by atoms with E-state index in [0.717, 1.165) is 5.56 Å². The molecular formula is C18H25NO2. The Bertz CT molecular complexity index is 498.